The van der Waals surface area contributed by atoms with E-state index in [4.69, 9.17) is 11.6 Å². The molecule has 38 heavy (non-hydrogen) atoms. The Morgan fingerprint density at radius 2 is 1.53 bits per heavy atom. The first-order valence-electron chi connectivity index (χ1n) is 12.4. The Kier molecular flexibility index (Phi) is 9.57. The van der Waals surface area contributed by atoms with Crippen molar-refractivity contribution in [3.63, 3.8) is 0 Å². The third-order valence-electron chi connectivity index (χ3n) is 6.04. The molecule has 7 nitrogen and oxygen atoms in total. The average Bonchev–Trinajstić information content (AvgIpc) is 2.86. The number of benzene rings is 3. The molecular formula is C29H34ClN3O4S. The van der Waals surface area contributed by atoms with E-state index in [1.165, 1.54) is 29.2 Å². The Balaban J connectivity index is 2.02. The van der Waals surface area contributed by atoms with Crippen molar-refractivity contribution in [2.45, 2.75) is 58.1 Å². The summed E-state index contributed by atoms with van der Waals surface area (Å²) in [6, 6.07) is 19.4. The molecule has 0 saturated carbocycles. The number of carbonyl (C=O) groups is 2. The lowest BCUT2D eigenvalue weighted by Gasteiger charge is -2.32. The Hall–Kier alpha value is -3.36. The van der Waals surface area contributed by atoms with Crippen molar-refractivity contribution in [1.29, 1.82) is 0 Å². The number of sulfonamides is 1. The van der Waals surface area contributed by atoms with Gasteiger partial charge in [-0.15, -0.1) is 0 Å². The summed E-state index contributed by atoms with van der Waals surface area (Å²) >= 11 is 5.98. The summed E-state index contributed by atoms with van der Waals surface area (Å²) in [6.07, 6.45) is 0. The van der Waals surface area contributed by atoms with Gasteiger partial charge in [0.1, 0.15) is 12.6 Å². The van der Waals surface area contributed by atoms with E-state index in [0.717, 1.165) is 21.0 Å². The second-order valence-electron chi connectivity index (χ2n) is 9.65. The lowest BCUT2D eigenvalue weighted by molar-refractivity contribution is -0.139. The van der Waals surface area contributed by atoms with Gasteiger partial charge in [0.2, 0.25) is 11.8 Å². The Morgan fingerprint density at radius 3 is 2.11 bits per heavy atom. The molecule has 9 heteroatoms. The van der Waals surface area contributed by atoms with Crippen LogP contribution in [0, 0.1) is 13.8 Å². The molecule has 0 spiro atoms. The molecule has 0 fully saturated rings. The van der Waals surface area contributed by atoms with E-state index in [-0.39, 0.29) is 23.4 Å². The predicted molar refractivity (Wildman–Crippen MR) is 152 cm³/mol. The second-order valence-corrected chi connectivity index (χ2v) is 11.9. The molecule has 1 atom stereocenters. The molecule has 3 aromatic rings. The van der Waals surface area contributed by atoms with Crippen LogP contribution in [0.4, 0.5) is 5.69 Å². The van der Waals surface area contributed by atoms with E-state index < -0.39 is 28.5 Å². The maximum atomic E-state index is 13.9. The quantitative estimate of drug-likeness (QED) is 0.377. The summed E-state index contributed by atoms with van der Waals surface area (Å²) in [5.74, 6) is -0.820. The summed E-state index contributed by atoms with van der Waals surface area (Å²) in [4.78, 5) is 28.2. The number of amides is 2. The molecule has 0 bridgehead atoms. The van der Waals surface area contributed by atoms with Gasteiger partial charge in [-0.3, -0.25) is 13.9 Å². The van der Waals surface area contributed by atoms with Gasteiger partial charge >= 0.3 is 0 Å². The van der Waals surface area contributed by atoms with Crippen molar-refractivity contribution in [2.75, 3.05) is 10.8 Å². The zero-order valence-electron chi connectivity index (χ0n) is 22.3. The summed E-state index contributed by atoms with van der Waals surface area (Å²) < 4.78 is 28.6. The number of nitrogens with zero attached hydrogens (tertiary/aromatic N) is 2. The van der Waals surface area contributed by atoms with Crippen LogP contribution in [0.25, 0.3) is 0 Å². The largest absolute Gasteiger partial charge is 0.352 e. The highest BCUT2D eigenvalue weighted by Crippen LogP contribution is 2.26. The molecule has 0 aliphatic heterocycles. The fourth-order valence-electron chi connectivity index (χ4n) is 3.97. The Bertz CT molecular complexity index is 1370. The van der Waals surface area contributed by atoms with Crippen LogP contribution in [-0.2, 0) is 26.2 Å². The Morgan fingerprint density at radius 1 is 0.895 bits per heavy atom. The van der Waals surface area contributed by atoms with Gasteiger partial charge < -0.3 is 10.2 Å². The Labute approximate surface area is 230 Å². The van der Waals surface area contributed by atoms with Crippen LogP contribution in [0.15, 0.2) is 77.7 Å². The number of anilines is 1. The summed E-state index contributed by atoms with van der Waals surface area (Å²) in [5.41, 5.74) is 3.14. The van der Waals surface area contributed by atoms with Crippen LogP contribution >= 0.6 is 11.6 Å². The standard InChI is InChI=1S/C29H34ClN3O4S/c1-20(2)31-29(35)23(5)32(18-24-8-6-7-22(4)17-24)28(34)19-33(26-13-9-21(3)10-14-26)38(36,37)27-15-11-25(30)12-16-27/h6-17,20,23H,18-19H2,1-5H3,(H,31,35)/t23-/m1/s1. The molecule has 0 saturated heterocycles. The zero-order chi connectivity index (χ0) is 28.0. The SMILES string of the molecule is Cc1ccc(N(CC(=O)N(Cc2cccc(C)c2)[C@H](C)C(=O)NC(C)C)S(=O)(=O)c2ccc(Cl)cc2)cc1. The molecule has 3 rings (SSSR count). The van der Waals surface area contributed by atoms with Crippen molar-refractivity contribution in [3.8, 4) is 0 Å². The van der Waals surface area contributed by atoms with Crippen molar-refractivity contribution in [3.05, 3.63) is 94.5 Å². The molecule has 0 aliphatic carbocycles. The van der Waals surface area contributed by atoms with Gasteiger partial charge in [-0.05, 0) is 76.6 Å². The number of rotatable bonds is 10. The van der Waals surface area contributed by atoms with Gasteiger partial charge in [0, 0.05) is 17.6 Å². The first-order valence-corrected chi connectivity index (χ1v) is 14.2. The summed E-state index contributed by atoms with van der Waals surface area (Å²) in [5, 5.41) is 3.25. The summed E-state index contributed by atoms with van der Waals surface area (Å²) in [6.45, 7) is 8.84. The van der Waals surface area contributed by atoms with Gasteiger partial charge in [0.15, 0.2) is 0 Å². The highest BCUT2D eigenvalue weighted by atomic mass is 35.5. The zero-order valence-corrected chi connectivity index (χ0v) is 23.9. The van der Waals surface area contributed by atoms with Gasteiger partial charge in [-0.2, -0.15) is 0 Å². The molecule has 0 aromatic heterocycles. The van der Waals surface area contributed by atoms with Crippen molar-refractivity contribution in [1.82, 2.24) is 10.2 Å². The smallest absolute Gasteiger partial charge is 0.264 e. The third-order valence-corrected chi connectivity index (χ3v) is 8.08. The fraction of sp³-hybridized carbons (Fsp3) is 0.310. The van der Waals surface area contributed by atoms with Crippen LogP contribution in [-0.4, -0.2) is 43.8 Å². The fourth-order valence-corrected chi connectivity index (χ4v) is 5.51. The second kappa shape index (κ2) is 12.5. The number of carbonyl (C=O) groups excluding carboxylic acids is 2. The molecule has 0 heterocycles. The number of halogens is 1. The van der Waals surface area contributed by atoms with Gasteiger partial charge in [0.25, 0.3) is 10.0 Å². The van der Waals surface area contributed by atoms with Gasteiger partial charge in [0.05, 0.1) is 10.6 Å². The van der Waals surface area contributed by atoms with Crippen LogP contribution in [0.3, 0.4) is 0 Å². The lowest BCUT2D eigenvalue weighted by Crippen LogP contribution is -2.52. The highest BCUT2D eigenvalue weighted by molar-refractivity contribution is 7.92. The van der Waals surface area contributed by atoms with Crippen molar-refractivity contribution < 1.29 is 18.0 Å². The number of hydrogen-bond donors (Lipinski definition) is 1. The first kappa shape index (κ1) is 29.2. The summed E-state index contributed by atoms with van der Waals surface area (Å²) in [7, 11) is -4.13. The maximum absolute atomic E-state index is 13.9. The molecular weight excluding hydrogens is 522 g/mol. The topological polar surface area (TPSA) is 86.8 Å². The van der Waals surface area contributed by atoms with Crippen molar-refractivity contribution in [2.24, 2.45) is 0 Å². The van der Waals surface area contributed by atoms with Crippen LogP contribution in [0.5, 0.6) is 0 Å². The predicted octanol–water partition coefficient (Wildman–Crippen LogP) is 5.09. The molecule has 2 amide bonds. The normalized spacial score (nSPS) is 12.2. The van der Waals surface area contributed by atoms with E-state index in [1.807, 2.05) is 52.0 Å². The minimum atomic E-state index is -4.13. The highest BCUT2D eigenvalue weighted by Gasteiger charge is 2.32. The molecule has 0 radical (unpaired) electrons. The molecule has 0 aliphatic rings. The van der Waals surface area contributed by atoms with Crippen molar-refractivity contribution >= 4 is 39.1 Å². The molecule has 0 unspecified atom stereocenters. The molecule has 1 N–H and O–H groups in total. The van der Waals surface area contributed by atoms with E-state index in [2.05, 4.69) is 5.32 Å². The number of aryl methyl sites for hydroxylation is 2. The van der Waals surface area contributed by atoms with E-state index in [1.54, 1.807) is 31.2 Å². The van der Waals surface area contributed by atoms with Gasteiger partial charge in [-0.25, -0.2) is 8.42 Å². The first-order chi connectivity index (χ1) is 17.9. The third kappa shape index (κ3) is 7.36. The van der Waals surface area contributed by atoms with E-state index >= 15 is 0 Å². The van der Waals surface area contributed by atoms with E-state index in [9.17, 15) is 18.0 Å². The van der Waals surface area contributed by atoms with E-state index in [0.29, 0.717) is 10.7 Å². The van der Waals surface area contributed by atoms with Gasteiger partial charge in [-0.1, -0.05) is 59.1 Å². The van der Waals surface area contributed by atoms with Crippen LogP contribution in [0.1, 0.15) is 37.5 Å². The minimum Gasteiger partial charge on any atom is -0.352 e. The maximum Gasteiger partial charge on any atom is 0.264 e. The number of nitrogens with one attached hydrogen (secondary N) is 1. The number of hydrogen-bond acceptors (Lipinski definition) is 4. The molecule has 3 aromatic carbocycles. The van der Waals surface area contributed by atoms with Crippen LogP contribution in [0.2, 0.25) is 5.02 Å². The molecule has 202 valence electrons. The lowest BCUT2D eigenvalue weighted by atomic mass is 10.1. The minimum absolute atomic E-state index is 0.00566. The average molecular weight is 556 g/mol. The van der Waals surface area contributed by atoms with Crippen LogP contribution < -0.4 is 9.62 Å². The monoisotopic (exact) mass is 555 g/mol.